The molecule has 0 aromatic carbocycles. The molecule has 0 radical (unpaired) electrons. The molecular weight excluding hydrogens is 464 g/mol. The number of carbonyl (C=O) groups excluding carboxylic acids is 1. The van der Waals surface area contributed by atoms with Crippen LogP contribution in [0.2, 0.25) is 0 Å². The molecule has 0 unspecified atom stereocenters. The summed E-state index contributed by atoms with van der Waals surface area (Å²) < 4.78 is 5.41. The Morgan fingerprint density at radius 2 is 0.895 bits per heavy atom. The van der Waals surface area contributed by atoms with Crippen LogP contribution in [0.4, 0.5) is 0 Å². The fraction of sp³-hybridized carbons (Fsp3) is 0.750. The second kappa shape index (κ2) is 33.5. The van der Waals surface area contributed by atoms with Crippen molar-refractivity contribution in [2.24, 2.45) is 0 Å². The summed E-state index contributed by atoms with van der Waals surface area (Å²) in [5, 5.41) is 0. The van der Waals surface area contributed by atoms with E-state index < -0.39 is 0 Å². The van der Waals surface area contributed by atoms with Crippen molar-refractivity contribution in [1.82, 2.24) is 0 Å². The molecule has 2 heteroatoms. The number of unbranched alkanes of at least 4 members (excludes halogenated alkanes) is 17. The third-order valence-electron chi connectivity index (χ3n) is 6.95. The number of carbonyl (C=O) groups is 1. The Balaban J connectivity index is 3.28. The monoisotopic (exact) mass is 528 g/mol. The molecule has 0 atom stereocenters. The van der Waals surface area contributed by atoms with Gasteiger partial charge in [-0.3, -0.25) is 4.79 Å². The smallest absolute Gasteiger partial charge is 0.305 e. The Labute approximate surface area is 238 Å². The van der Waals surface area contributed by atoms with Crippen LogP contribution in [0.25, 0.3) is 0 Å². The molecule has 220 valence electrons. The Morgan fingerprint density at radius 3 is 1.45 bits per heavy atom. The maximum absolute atomic E-state index is 11.9. The number of hydrogen-bond acceptors (Lipinski definition) is 2. The van der Waals surface area contributed by atoms with Gasteiger partial charge in [-0.2, -0.15) is 0 Å². The van der Waals surface area contributed by atoms with E-state index in [0.29, 0.717) is 13.0 Å². The van der Waals surface area contributed by atoms with Crippen LogP contribution >= 0.6 is 0 Å². The van der Waals surface area contributed by atoms with Crippen molar-refractivity contribution in [3.8, 4) is 0 Å². The quantitative estimate of drug-likeness (QED) is 0.0548. The second-order valence-electron chi connectivity index (χ2n) is 10.8. The number of allylic oxidation sites excluding steroid dienone is 8. The molecule has 0 heterocycles. The minimum Gasteiger partial charge on any atom is -0.466 e. The van der Waals surface area contributed by atoms with E-state index in [2.05, 4.69) is 62.5 Å². The minimum atomic E-state index is 0.00156. The highest BCUT2D eigenvalue weighted by Crippen LogP contribution is 2.11. The molecule has 0 aromatic rings. The summed E-state index contributed by atoms with van der Waals surface area (Å²) in [4.78, 5) is 11.9. The molecular formula is C36H64O2. The molecule has 0 amide bonds. The van der Waals surface area contributed by atoms with E-state index in [1.807, 2.05) is 0 Å². The van der Waals surface area contributed by atoms with Crippen LogP contribution < -0.4 is 0 Å². The summed E-state index contributed by atoms with van der Waals surface area (Å²) in [6.45, 7) is 5.05. The van der Waals surface area contributed by atoms with Crippen LogP contribution in [0, 0.1) is 0 Å². The Kier molecular flexibility index (Phi) is 32.1. The predicted octanol–water partition coefficient (Wildman–Crippen LogP) is 12.2. The third-order valence-corrected chi connectivity index (χ3v) is 6.95. The fourth-order valence-electron chi connectivity index (χ4n) is 4.50. The van der Waals surface area contributed by atoms with Crippen LogP contribution in [0.1, 0.15) is 168 Å². The molecule has 0 saturated carbocycles. The lowest BCUT2D eigenvalue weighted by molar-refractivity contribution is -0.143. The summed E-state index contributed by atoms with van der Waals surface area (Å²) in [7, 11) is 0. The molecule has 0 aliphatic rings. The van der Waals surface area contributed by atoms with Crippen LogP contribution in [-0.2, 0) is 9.53 Å². The first-order valence-corrected chi connectivity index (χ1v) is 16.6. The predicted molar refractivity (Wildman–Crippen MR) is 170 cm³/mol. The van der Waals surface area contributed by atoms with E-state index in [1.54, 1.807) is 0 Å². The lowest BCUT2D eigenvalue weighted by Crippen LogP contribution is -2.05. The lowest BCUT2D eigenvalue weighted by Gasteiger charge is -2.05. The van der Waals surface area contributed by atoms with E-state index in [9.17, 15) is 4.79 Å². The highest BCUT2D eigenvalue weighted by molar-refractivity contribution is 5.69. The topological polar surface area (TPSA) is 26.3 Å². The van der Waals surface area contributed by atoms with Gasteiger partial charge in [-0.1, -0.05) is 140 Å². The Bertz CT molecular complexity index is 584. The molecule has 0 bridgehead atoms. The molecule has 0 rings (SSSR count). The SMILES string of the molecule is CC/C=C/C/C=C/C/C=C/CCCCCCCCOC(=O)CCCCCCC/C=C\CCCCCCCC. The maximum atomic E-state index is 11.9. The van der Waals surface area contributed by atoms with Crippen LogP contribution in [-0.4, -0.2) is 12.6 Å². The van der Waals surface area contributed by atoms with Crippen molar-refractivity contribution in [3.63, 3.8) is 0 Å². The number of rotatable bonds is 29. The molecule has 38 heavy (non-hydrogen) atoms. The van der Waals surface area contributed by atoms with Gasteiger partial charge >= 0.3 is 5.97 Å². The standard InChI is InChI=1S/C36H64O2/c1-3-5-7-9-11-13-15-17-19-21-23-25-27-29-31-33-35-38-36(37)34-32-30-28-26-24-22-20-18-16-14-12-10-8-6-4-2/h5,7,11,13,17-20H,3-4,6,8-10,12,14-16,21-35H2,1-2H3/b7-5+,13-11+,19-17+,20-18-. The molecule has 0 N–H and O–H groups in total. The fourth-order valence-corrected chi connectivity index (χ4v) is 4.50. The lowest BCUT2D eigenvalue weighted by atomic mass is 10.1. The summed E-state index contributed by atoms with van der Waals surface area (Å²) in [5.74, 6) is 0.00156. The van der Waals surface area contributed by atoms with E-state index in [1.165, 1.54) is 109 Å². The normalized spacial score (nSPS) is 12.2. The summed E-state index contributed by atoms with van der Waals surface area (Å²) in [5.41, 5.74) is 0. The van der Waals surface area contributed by atoms with Crippen molar-refractivity contribution < 1.29 is 9.53 Å². The molecule has 0 aliphatic carbocycles. The van der Waals surface area contributed by atoms with Gasteiger partial charge in [0.05, 0.1) is 6.61 Å². The first-order valence-electron chi connectivity index (χ1n) is 16.6. The van der Waals surface area contributed by atoms with Crippen molar-refractivity contribution in [2.45, 2.75) is 168 Å². The van der Waals surface area contributed by atoms with Gasteiger partial charge in [0.2, 0.25) is 0 Å². The average Bonchev–Trinajstić information content (AvgIpc) is 2.92. The van der Waals surface area contributed by atoms with Crippen molar-refractivity contribution in [3.05, 3.63) is 48.6 Å². The van der Waals surface area contributed by atoms with Gasteiger partial charge in [0.15, 0.2) is 0 Å². The maximum Gasteiger partial charge on any atom is 0.305 e. The van der Waals surface area contributed by atoms with Gasteiger partial charge in [0, 0.05) is 6.42 Å². The zero-order valence-corrected chi connectivity index (χ0v) is 25.6. The summed E-state index contributed by atoms with van der Waals surface area (Å²) in [6, 6.07) is 0. The van der Waals surface area contributed by atoms with Gasteiger partial charge in [-0.05, 0) is 70.6 Å². The number of esters is 1. The van der Waals surface area contributed by atoms with E-state index in [4.69, 9.17) is 4.74 Å². The van der Waals surface area contributed by atoms with Gasteiger partial charge in [-0.15, -0.1) is 0 Å². The van der Waals surface area contributed by atoms with Crippen molar-refractivity contribution >= 4 is 5.97 Å². The van der Waals surface area contributed by atoms with Crippen molar-refractivity contribution in [2.75, 3.05) is 6.61 Å². The number of hydrogen-bond donors (Lipinski definition) is 0. The minimum absolute atomic E-state index is 0.00156. The van der Waals surface area contributed by atoms with Gasteiger partial charge < -0.3 is 4.74 Å². The molecule has 0 saturated heterocycles. The second-order valence-corrected chi connectivity index (χ2v) is 10.8. The van der Waals surface area contributed by atoms with E-state index in [0.717, 1.165) is 38.5 Å². The number of ether oxygens (including phenoxy) is 1. The largest absolute Gasteiger partial charge is 0.466 e. The molecule has 0 spiro atoms. The van der Waals surface area contributed by atoms with Crippen molar-refractivity contribution in [1.29, 1.82) is 0 Å². The average molecular weight is 529 g/mol. The van der Waals surface area contributed by atoms with Crippen LogP contribution in [0.15, 0.2) is 48.6 Å². The molecule has 2 nitrogen and oxygen atoms in total. The Morgan fingerprint density at radius 1 is 0.474 bits per heavy atom. The van der Waals surface area contributed by atoms with Crippen LogP contribution in [0.5, 0.6) is 0 Å². The summed E-state index contributed by atoms with van der Waals surface area (Å²) >= 11 is 0. The Hall–Kier alpha value is -1.57. The third kappa shape index (κ3) is 32.5. The van der Waals surface area contributed by atoms with Gasteiger partial charge in [-0.25, -0.2) is 0 Å². The van der Waals surface area contributed by atoms with Gasteiger partial charge in [0.1, 0.15) is 0 Å². The molecule has 0 aliphatic heterocycles. The van der Waals surface area contributed by atoms with Crippen LogP contribution in [0.3, 0.4) is 0 Å². The zero-order chi connectivity index (χ0) is 27.6. The first-order chi connectivity index (χ1) is 18.8. The van der Waals surface area contributed by atoms with Gasteiger partial charge in [0.25, 0.3) is 0 Å². The van der Waals surface area contributed by atoms with E-state index in [-0.39, 0.29) is 5.97 Å². The summed E-state index contributed by atoms with van der Waals surface area (Å²) in [6.07, 6.45) is 47.3. The first kappa shape index (κ1) is 36.4. The van der Waals surface area contributed by atoms with E-state index >= 15 is 0 Å². The zero-order valence-electron chi connectivity index (χ0n) is 25.6. The highest BCUT2D eigenvalue weighted by Gasteiger charge is 2.02. The molecule has 0 fully saturated rings. The highest BCUT2D eigenvalue weighted by atomic mass is 16.5. The molecule has 0 aromatic heterocycles.